The van der Waals surface area contributed by atoms with Crippen LogP contribution in [0.4, 0.5) is 4.39 Å². The third-order valence-electron chi connectivity index (χ3n) is 4.68. The average molecular weight is 370 g/mol. The predicted molar refractivity (Wildman–Crippen MR) is 95.8 cm³/mol. The van der Waals surface area contributed by atoms with Crippen LogP contribution in [0.3, 0.4) is 0 Å². The number of aliphatic carboxylic acids is 1. The Morgan fingerprint density at radius 2 is 1.72 bits per heavy atom. The summed E-state index contributed by atoms with van der Waals surface area (Å²) in [5.41, 5.74) is 4.12. The van der Waals surface area contributed by atoms with E-state index in [4.69, 9.17) is 31.7 Å². The van der Waals surface area contributed by atoms with Gasteiger partial charge < -0.3 is 20.1 Å². The molecule has 0 bridgehead atoms. The Hall–Kier alpha value is -1.41. The molecule has 25 heavy (non-hydrogen) atoms. The van der Waals surface area contributed by atoms with E-state index in [0.29, 0.717) is 10.6 Å². The number of halogens is 2. The molecule has 8 heteroatoms. The lowest BCUT2D eigenvalue weighted by Gasteiger charge is -2.32. The summed E-state index contributed by atoms with van der Waals surface area (Å²) >= 11 is 5.88. The molecular weight excluding hydrogens is 347 g/mol. The van der Waals surface area contributed by atoms with Crippen molar-refractivity contribution in [3.05, 3.63) is 40.6 Å². The largest absolute Gasteiger partial charge is 0.525 e. The van der Waals surface area contributed by atoms with Crippen LogP contribution in [-0.4, -0.2) is 35.4 Å². The molecule has 1 aliphatic heterocycles. The first-order valence-electron chi connectivity index (χ1n) is 7.93. The summed E-state index contributed by atoms with van der Waals surface area (Å²) in [6.45, 7) is 7.24. The molecule has 1 atom stereocenters. The summed E-state index contributed by atoms with van der Waals surface area (Å²) in [5.74, 6) is -1.21. The van der Waals surface area contributed by atoms with Crippen molar-refractivity contribution in [1.82, 2.24) is 0 Å². The molecule has 1 aromatic rings. The topological polar surface area (TPSA) is 81.8 Å². The molecule has 0 aliphatic carbocycles. The van der Waals surface area contributed by atoms with Crippen molar-refractivity contribution < 1.29 is 23.6 Å². The summed E-state index contributed by atoms with van der Waals surface area (Å²) in [5, 5.41) is 9.57. The summed E-state index contributed by atoms with van der Waals surface area (Å²) in [7, 11) is -1.23. The minimum atomic E-state index is -1.25. The molecule has 0 radical (unpaired) electrons. The van der Waals surface area contributed by atoms with Gasteiger partial charge >= 0.3 is 13.1 Å². The van der Waals surface area contributed by atoms with Crippen molar-refractivity contribution in [2.75, 3.05) is 0 Å². The van der Waals surface area contributed by atoms with Crippen LogP contribution in [0.2, 0.25) is 5.02 Å². The molecule has 3 N–H and O–H groups in total. The maximum atomic E-state index is 15.2. The van der Waals surface area contributed by atoms with Crippen molar-refractivity contribution in [2.24, 2.45) is 5.73 Å². The van der Waals surface area contributed by atoms with E-state index in [2.05, 4.69) is 0 Å². The van der Waals surface area contributed by atoms with Gasteiger partial charge in [-0.1, -0.05) is 23.7 Å². The van der Waals surface area contributed by atoms with Gasteiger partial charge in [-0.25, -0.2) is 4.39 Å². The zero-order valence-corrected chi connectivity index (χ0v) is 15.4. The highest BCUT2D eigenvalue weighted by Gasteiger charge is 2.53. The van der Waals surface area contributed by atoms with E-state index >= 15 is 4.39 Å². The lowest BCUT2D eigenvalue weighted by Crippen LogP contribution is -2.41. The van der Waals surface area contributed by atoms with E-state index in [9.17, 15) is 4.79 Å². The summed E-state index contributed by atoms with van der Waals surface area (Å²) < 4.78 is 26.7. The number of carbonyl (C=O) groups is 1. The highest BCUT2D eigenvalue weighted by atomic mass is 35.5. The minimum Gasteiger partial charge on any atom is -0.480 e. The number of carboxylic acid groups (broad SMARTS) is 1. The summed E-state index contributed by atoms with van der Waals surface area (Å²) in [4.78, 5) is 11.1. The molecule has 2 rings (SSSR count). The van der Waals surface area contributed by atoms with E-state index in [0.717, 1.165) is 0 Å². The van der Waals surface area contributed by atoms with Gasteiger partial charge in [-0.3, -0.25) is 4.79 Å². The number of benzene rings is 1. The molecule has 1 fully saturated rings. The number of hydrogen-bond acceptors (Lipinski definition) is 4. The van der Waals surface area contributed by atoms with Crippen LogP contribution in [0.25, 0.3) is 5.57 Å². The lowest BCUT2D eigenvalue weighted by atomic mass is 9.81. The normalized spacial score (nSPS) is 21.0. The molecule has 0 saturated carbocycles. The molecule has 0 aromatic heterocycles. The second-order valence-corrected chi connectivity index (χ2v) is 7.51. The summed E-state index contributed by atoms with van der Waals surface area (Å²) in [6, 6.07) is 5.16. The van der Waals surface area contributed by atoms with Crippen molar-refractivity contribution in [1.29, 1.82) is 0 Å². The first kappa shape index (κ1) is 19.9. The molecular formula is C17H22BClFNO4. The smallest absolute Gasteiger partial charge is 0.480 e. The molecule has 0 amide bonds. The van der Waals surface area contributed by atoms with Gasteiger partial charge in [0.15, 0.2) is 0 Å². The molecule has 5 nitrogen and oxygen atoms in total. The Morgan fingerprint density at radius 3 is 2.16 bits per heavy atom. The fraction of sp³-hybridized carbons (Fsp3) is 0.471. The van der Waals surface area contributed by atoms with Gasteiger partial charge in [-0.15, -0.1) is 0 Å². The van der Waals surface area contributed by atoms with Gasteiger partial charge in [0.2, 0.25) is 0 Å². The Balaban J connectivity index is 2.44. The van der Waals surface area contributed by atoms with Crippen LogP contribution in [0.1, 0.15) is 39.7 Å². The van der Waals surface area contributed by atoms with Crippen LogP contribution in [0.15, 0.2) is 30.0 Å². The second-order valence-electron chi connectivity index (χ2n) is 7.07. The SMILES string of the molecule is CC1(C)OB(C(F)=C(CC(N)C(=O)O)c2ccc(Cl)cc2)OC1(C)C. The highest BCUT2D eigenvalue weighted by molar-refractivity contribution is 6.55. The fourth-order valence-electron chi connectivity index (χ4n) is 2.40. The number of hydrogen-bond donors (Lipinski definition) is 2. The van der Waals surface area contributed by atoms with Gasteiger partial charge in [-0.2, -0.15) is 0 Å². The second kappa shape index (κ2) is 7.07. The number of carboxylic acids is 1. The van der Waals surface area contributed by atoms with Gasteiger partial charge in [0.05, 0.1) is 11.2 Å². The molecule has 1 heterocycles. The first-order valence-corrected chi connectivity index (χ1v) is 8.31. The Bertz CT molecular complexity index is 674. The quantitative estimate of drug-likeness (QED) is 0.777. The highest BCUT2D eigenvalue weighted by Crippen LogP contribution is 2.40. The van der Waals surface area contributed by atoms with Crippen LogP contribution in [0.5, 0.6) is 0 Å². The molecule has 1 aromatic carbocycles. The minimum absolute atomic E-state index is 0.130. The van der Waals surface area contributed by atoms with Gasteiger partial charge in [0, 0.05) is 11.4 Å². The van der Waals surface area contributed by atoms with Crippen LogP contribution >= 0.6 is 11.6 Å². The van der Waals surface area contributed by atoms with Gasteiger partial charge in [-0.05, 0) is 51.0 Å². The summed E-state index contributed by atoms with van der Waals surface area (Å²) in [6.07, 6.45) is -0.202. The van der Waals surface area contributed by atoms with Crippen molar-refractivity contribution in [3.63, 3.8) is 0 Å². The molecule has 0 spiro atoms. The van der Waals surface area contributed by atoms with Gasteiger partial charge in [0.25, 0.3) is 0 Å². The monoisotopic (exact) mass is 369 g/mol. The van der Waals surface area contributed by atoms with Crippen LogP contribution < -0.4 is 5.73 Å². The predicted octanol–water partition coefficient (Wildman–Crippen LogP) is 3.45. The first-order chi connectivity index (χ1) is 11.4. The molecule has 136 valence electrons. The van der Waals surface area contributed by atoms with E-state index in [1.54, 1.807) is 24.3 Å². The van der Waals surface area contributed by atoms with Crippen molar-refractivity contribution >= 4 is 30.3 Å². The average Bonchev–Trinajstić information content (AvgIpc) is 2.73. The number of rotatable bonds is 5. The third-order valence-corrected chi connectivity index (χ3v) is 4.93. The Morgan fingerprint density at radius 1 is 1.24 bits per heavy atom. The molecule has 1 aliphatic rings. The molecule has 1 saturated heterocycles. The maximum Gasteiger partial charge on any atom is 0.525 e. The standard InChI is InChI=1S/C17H22BClFNO4/c1-16(2)17(3,4)25-18(24-16)14(20)12(9-13(21)15(22)23)10-5-7-11(19)8-6-10/h5-8,13H,9,21H2,1-4H3,(H,22,23). The zero-order valence-electron chi connectivity index (χ0n) is 14.7. The van der Waals surface area contributed by atoms with Crippen molar-refractivity contribution in [3.8, 4) is 0 Å². The van der Waals surface area contributed by atoms with Crippen molar-refractivity contribution in [2.45, 2.75) is 51.4 Å². The van der Waals surface area contributed by atoms with E-state index in [-0.39, 0.29) is 12.0 Å². The van der Waals surface area contributed by atoms with E-state index in [1.165, 1.54) is 0 Å². The van der Waals surface area contributed by atoms with Crippen LogP contribution in [0, 0.1) is 0 Å². The number of nitrogens with two attached hydrogens (primary N) is 1. The Labute approximate surface area is 152 Å². The van der Waals surface area contributed by atoms with E-state index < -0.39 is 36.1 Å². The Kier molecular flexibility index (Phi) is 5.63. The maximum absolute atomic E-state index is 15.2. The lowest BCUT2D eigenvalue weighted by molar-refractivity contribution is -0.138. The molecule has 1 unspecified atom stereocenters. The van der Waals surface area contributed by atoms with Crippen LogP contribution in [-0.2, 0) is 14.1 Å². The third kappa shape index (κ3) is 4.23. The zero-order chi connectivity index (χ0) is 19.0. The van der Waals surface area contributed by atoms with Gasteiger partial charge in [0.1, 0.15) is 11.8 Å². The van der Waals surface area contributed by atoms with E-state index in [1.807, 2.05) is 27.7 Å². The fourth-order valence-corrected chi connectivity index (χ4v) is 2.53.